The summed E-state index contributed by atoms with van der Waals surface area (Å²) in [4.78, 5) is 14.7. The highest BCUT2D eigenvalue weighted by Gasteiger charge is 2.16. The first-order chi connectivity index (χ1) is 25.8. The predicted octanol–water partition coefficient (Wildman–Crippen LogP) is 12.8. The second-order valence-corrected chi connectivity index (χ2v) is 13.2. The minimum atomic E-state index is 0.649. The molecule has 0 saturated carbocycles. The molecule has 0 amide bonds. The Hall–Kier alpha value is -6.97. The maximum Gasteiger partial charge on any atom is 0.164 e. The Labute approximate surface area is 301 Å². The molecule has 0 aliphatic heterocycles. The average Bonchev–Trinajstić information content (AvgIpc) is 3.24. The van der Waals surface area contributed by atoms with Crippen LogP contribution in [-0.4, -0.2) is 15.0 Å². The maximum absolute atomic E-state index is 4.93. The van der Waals surface area contributed by atoms with Crippen LogP contribution in [0, 0.1) is 0 Å². The predicted molar refractivity (Wildman–Crippen MR) is 217 cm³/mol. The summed E-state index contributed by atoms with van der Waals surface area (Å²) in [6.07, 6.45) is 0. The molecule has 3 heteroatoms. The number of benzene rings is 9. The van der Waals surface area contributed by atoms with Gasteiger partial charge in [0.05, 0.1) is 0 Å². The van der Waals surface area contributed by atoms with E-state index in [2.05, 4.69) is 127 Å². The first kappa shape index (κ1) is 29.9. The molecule has 0 radical (unpaired) electrons. The molecule has 0 unspecified atom stereocenters. The van der Waals surface area contributed by atoms with E-state index < -0.39 is 0 Å². The summed E-state index contributed by atoms with van der Waals surface area (Å²) in [5, 5.41) is 10.3. The summed E-state index contributed by atoms with van der Waals surface area (Å²) in [5.41, 5.74) is 7.56. The van der Waals surface area contributed by atoms with Crippen LogP contribution in [-0.2, 0) is 0 Å². The van der Waals surface area contributed by atoms with Gasteiger partial charge < -0.3 is 0 Å². The molecule has 9 aromatic carbocycles. The number of nitrogens with zero attached hydrogens (tertiary/aromatic N) is 3. The molecule has 1 aromatic heterocycles. The number of fused-ring (bicyclic) bond motifs is 8. The molecule has 0 saturated heterocycles. The lowest BCUT2D eigenvalue weighted by Gasteiger charge is -2.16. The largest absolute Gasteiger partial charge is 0.208 e. The monoisotopic (exact) mass is 661 g/mol. The zero-order chi connectivity index (χ0) is 34.4. The third-order valence-electron chi connectivity index (χ3n) is 10.1. The highest BCUT2D eigenvalue weighted by molar-refractivity contribution is 6.33. The molecule has 0 bridgehead atoms. The van der Waals surface area contributed by atoms with E-state index in [9.17, 15) is 0 Å². The smallest absolute Gasteiger partial charge is 0.164 e. The highest BCUT2D eigenvalue weighted by atomic mass is 15.0. The first-order valence-electron chi connectivity index (χ1n) is 17.6. The SMILES string of the molecule is c1ccc(-c2nc(-c3ccccc3)nc(-c3ccc(-c4cccc(-c5cc6c7ccccc7c7ccccc7c6c6ccccc56)c4)cc3)n2)cc1. The van der Waals surface area contributed by atoms with Crippen LogP contribution in [0.2, 0.25) is 0 Å². The molecule has 242 valence electrons. The molecule has 1 heterocycles. The van der Waals surface area contributed by atoms with Crippen LogP contribution in [0.15, 0.2) is 188 Å². The fourth-order valence-electron chi connectivity index (χ4n) is 7.62. The van der Waals surface area contributed by atoms with Crippen molar-refractivity contribution in [3.8, 4) is 56.4 Å². The van der Waals surface area contributed by atoms with Crippen molar-refractivity contribution in [2.75, 3.05) is 0 Å². The van der Waals surface area contributed by atoms with Crippen molar-refractivity contribution >= 4 is 43.1 Å². The van der Waals surface area contributed by atoms with E-state index in [1.807, 2.05) is 60.7 Å². The van der Waals surface area contributed by atoms with Crippen molar-refractivity contribution in [3.05, 3.63) is 188 Å². The van der Waals surface area contributed by atoms with E-state index in [0.717, 1.165) is 27.8 Å². The van der Waals surface area contributed by atoms with Crippen molar-refractivity contribution in [1.29, 1.82) is 0 Å². The number of aromatic nitrogens is 3. The Balaban J connectivity index is 1.09. The van der Waals surface area contributed by atoms with Gasteiger partial charge in [-0.25, -0.2) is 15.0 Å². The van der Waals surface area contributed by atoms with Crippen LogP contribution in [0.1, 0.15) is 0 Å². The molecule has 0 spiro atoms. The average molecular weight is 662 g/mol. The van der Waals surface area contributed by atoms with Gasteiger partial charge >= 0.3 is 0 Å². The summed E-state index contributed by atoms with van der Waals surface area (Å²) in [7, 11) is 0. The van der Waals surface area contributed by atoms with Gasteiger partial charge in [-0.1, -0.05) is 176 Å². The van der Waals surface area contributed by atoms with E-state index in [-0.39, 0.29) is 0 Å². The van der Waals surface area contributed by atoms with Gasteiger partial charge in [-0.2, -0.15) is 0 Å². The van der Waals surface area contributed by atoms with Crippen LogP contribution in [0.4, 0.5) is 0 Å². The Morgan fingerprint density at radius 3 is 1.19 bits per heavy atom. The van der Waals surface area contributed by atoms with Gasteiger partial charge in [-0.15, -0.1) is 0 Å². The van der Waals surface area contributed by atoms with Gasteiger partial charge in [0, 0.05) is 16.7 Å². The summed E-state index contributed by atoms with van der Waals surface area (Å²) < 4.78 is 0. The minimum absolute atomic E-state index is 0.649. The third kappa shape index (κ3) is 5.10. The standard InChI is InChI=1S/C49H31N3/c1-3-14-33(15-4-1)47-50-48(34-16-5-2-6-17-34)52-49(51-47)35-28-26-32(27-29-35)36-18-13-19-37(30-36)44-31-45-40-22-8-7-20-38(40)39-21-9-11-24-42(39)46(45)43-25-12-10-23-41(43)44/h1-31H. The van der Waals surface area contributed by atoms with E-state index in [1.54, 1.807) is 0 Å². The Kier molecular flexibility index (Phi) is 7.14. The summed E-state index contributed by atoms with van der Waals surface area (Å²) in [6.45, 7) is 0. The molecule has 3 nitrogen and oxygen atoms in total. The Morgan fingerprint density at radius 2 is 0.615 bits per heavy atom. The van der Waals surface area contributed by atoms with E-state index in [4.69, 9.17) is 15.0 Å². The second kappa shape index (κ2) is 12.4. The second-order valence-electron chi connectivity index (χ2n) is 13.2. The van der Waals surface area contributed by atoms with Crippen LogP contribution in [0.5, 0.6) is 0 Å². The molecule has 0 N–H and O–H groups in total. The maximum atomic E-state index is 4.93. The van der Waals surface area contributed by atoms with E-state index in [1.165, 1.54) is 54.2 Å². The van der Waals surface area contributed by atoms with E-state index in [0.29, 0.717) is 17.5 Å². The molecular weight excluding hydrogens is 631 g/mol. The molecule has 0 aliphatic rings. The van der Waals surface area contributed by atoms with Crippen molar-refractivity contribution in [2.45, 2.75) is 0 Å². The van der Waals surface area contributed by atoms with Gasteiger partial charge in [0.1, 0.15) is 0 Å². The Bertz CT molecular complexity index is 2880. The molecule has 0 aliphatic carbocycles. The molecule has 10 aromatic rings. The van der Waals surface area contributed by atoms with Gasteiger partial charge in [-0.05, 0) is 77.5 Å². The third-order valence-corrected chi connectivity index (χ3v) is 10.1. The van der Waals surface area contributed by atoms with E-state index >= 15 is 0 Å². The fraction of sp³-hybridized carbons (Fsp3) is 0. The lowest BCUT2D eigenvalue weighted by molar-refractivity contribution is 1.07. The van der Waals surface area contributed by atoms with Crippen LogP contribution >= 0.6 is 0 Å². The van der Waals surface area contributed by atoms with Crippen LogP contribution < -0.4 is 0 Å². The minimum Gasteiger partial charge on any atom is -0.208 e. The molecule has 0 fully saturated rings. The van der Waals surface area contributed by atoms with Crippen molar-refractivity contribution in [1.82, 2.24) is 15.0 Å². The van der Waals surface area contributed by atoms with Gasteiger partial charge in [0.2, 0.25) is 0 Å². The van der Waals surface area contributed by atoms with Crippen LogP contribution in [0.25, 0.3) is 99.5 Å². The number of hydrogen-bond acceptors (Lipinski definition) is 3. The summed E-state index contributed by atoms with van der Waals surface area (Å²) >= 11 is 0. The van der Waals surface area contributed by atoms with Crippen LogP contribution in [0.3, 0.4) is 0 Å². The molecule has 52 heavy (non-hydrogen) atoms. The van der Waals surface area contributed by atoms with Crippen molar-refractivity contribution in [3.63, 3.8) is 0 Å². The number of rotatable bonds is 5. The summed E-state index contributed by atoms with van der Waals surface area (Å²) in [5.74, 6) is 1.96. The number of hydrogen-bond donors (Lipinski definition) is 0. The van der Waals surface area contributed by atoms with Gasteiger partial charge in [0.25, 0.3) is 0 Å². The lowest BCUT2D eigenvalue weighted by Crippen LogP contribution is -2.00. The van der Waals surface area contributed by atoms with Gasteiger partial charge in [-0.3, -0.25) is 0 Å². The lowest BCUT2D eigenvalue weighted by atomic mass is 9.87. The van der Waals surface area contributed by atoms with Crippen molar-refractivity contribution < 1.29 is 0 Å². The summed E-state index contributed by atoms with van der Waals surface area (Å²) in [6, 6.07) is 66.5. The van der Waals surface area contributed by atoms with Crippen molar-refractivity contribution in [2.24, 2.45) is 0 Å². The molecule has 10 rings (SSSR count). The highest BCUT2D eigenvalue weighted by Crippen LogP contribution is 2.43. The topological polar surface area (TPSA) is 38.7 Å². The molecule has 0 atom stereocenters. The first-order valence-corrected chi connectivity index (χ1v) is 17.6. The Morgan fingerprint density at radius 1 is 0.231 bits per heavy atom. The zero-order valence-corrected chi connectivity index (χ0v) is 28.2. The normalized spacial score (nSPS) is 11.5. The zero-order valence-electron chi connectivity index (χ0n) is 28.2. The molecular formula is C49H31N3. The van der Waals surface area contributed by atoms with Gasteiger partial charge in [0.15, 0.2) is 17.5 Å². The fourth-order valence-corrected chi connectivity index (χ4v) is 7.62. The quantitative estimate of drug-likeness (QED) is 0.172.